The Balaban J connectivity index is 1.71. The highest BCUT2D eigenvalue weighted by Gasteiger charge is 2.29. The zero-order chi connectivity index (χ0) is 14.0. The molecule has 0 radical (unpaired) electrons. The molecular formula is C16H24N2OS. The Bertz CT molecular complexity index is 465. The molecule has 0 aromatic carbocycles. The average Bonchev–Trinajstić information content (AvgIpc) is 2.71. The van der Waals surface area contributed by atoms with E-state index in [0.717, 1.165) is 43.6 Å². The average molecular weight is 292 g/mol. The minimum absolute atomic E-state index is 0.0380. The lowest BCUT2D eigenvalue weighted by molar-refractivity contribution is 0.0891. The van der Waals surface area contributed by atoms with Gasteiger partial charge >= 0.3 is 0 Å². The van der Waals surface area contributed by atoms with Crippen LogP contribution in [0.2, 0.25) is 0 Å². The van der Waals surface area contributed by atoms with Gasteiger partial charge in [0.25, 0.3) is 5.91 Å². The highest BCUT2D eigenvalue weighted by molar-refractivity contribution is 7.14. The SMILES string of the molecule is CC1(NC(=O)c2cc3c(s2)CCCCC3)CCNCC1. The topological polar surface area (TPSA) is 41.1 Å². The maximum Gasteiger partial charge on any atom is 0.261 e. The van der Waals surface area contributed by atoms with Gasteiger partial charge in [0.1, 0.15) is 0 Å². The van der Waals surface area contributed by atoms with Crippen LogP contribution in [0.5, 0.6) is 0 Å². The molecule has 1 aromatic heterocycles. The lowest BCUT2D eigenvalue weighted by Gasteiger charge is -2.34. The summed E-state index contributed by atoms with van der Waals surface area (Å²) in [6.07, 6.45) is 8.22. The fraction of sp³-hybridized carbons (Fsp3) is 0.688. The second-order valence-electron chi connectivity index (χ2n) is 6.38. The third-order valence-electron chi connectivity index (χ3n) is 4.59. The Morgan fingerprint density at radius 3 is 2.80 bits per heavy atom. The number of carbonyl (C=O) groups is 1. The summed E-state index contributed by atoms with van der Waals surface area (Å²) < 4.78 is 0. The molecule has 1 saturated heterocycles. The van der Waals surface area contributed by atoms with E-state index in [1.54, 1.807) is 11.3 Å². The van der Waals surface area contributed by atoms with Crippen molar-refractivity contribution in [3.05, 3.63) is 21.4 Å². The van der Waals surface area contributed by atoms with Gasteiger partial charge in [0.15, 0.2) is 0 Å². The van der Waals surface area contributed by atoms with Gasteiger partial charge in [-0.2, -0.15) is 0 Å². The molecule has 110 valence electrons. The Morgan fingerprint density at radius 2 is 2.00 bits per heavy atom. The van der Waals surface area contributed by atoms with Gasteiger partial charge in [-0.25, -0.2) is 0 Å². The van der Waals surface area contributed by atoms with Crippen LogP contribution in [0, 0.1) is 0 Å². The molecule has 0 spiro atoms. The van der Waals surface area contributed by atoms with Crippen molar-refractivity contribution < 1.29 is 4.79 Å². The first kappa shape index (κ1) is 14.1. The quantitative estimate of drug-likeness (QED) is 0.823. The van der Waals surface area contributed by atoms with E-state index < -0.39 is 0 Å². The third-order valence-corrected chi connectivity index (χ3v) is 5.83. The van der Waals surface area contributed by atoms with Gasteiger partial charge in [0.2, 0.25) is 0 Å². The van der Waals surface area contributed by atoms with E-state index >= 15 is 0 Å². The van der Waals surface area contributed by atoms with E-state index in [1.165, 1.54) is 29.7 Å². The minimum atomic E-state index is -0.0380. The molecule has 1 aliphatic carbocycles. The summed E-state index contributed by atoms with van der Waals surface area (Å²) in [5, 5.41) is 6.62. The van der Waals surface area contributed by atoms with Gasteiger partial charge in [-0.3, -0.25) is 4.79 Å². The number of thiophene rings is 1. The zero-order valence-corrected chi connectivity index (χ0v) is 13.1. The number of piperidine rings is 1. The Kier molecular flexibility index (Phi) is 4.13. The van der Waals surface area contributed by atoms with Crippen molar-refractivity contribution in [2.75, 3.05) is 13.1 Å². The predicted molar refractivity (Wildman–Crippen MR) is 83.6 cm³/mol. The molecule has 2 heterocycles. The van der Waals surface area contributed by atoms with Gasteiger partial charge < -0.3 is 10.6 Å². The van der Waals surface area contributed by atoms with Crippen LogP contribution in [0.1, 0.15) is 59.1 Å². The maximum atomic E-state index is 12.5. The molecule has 1 fully saturated rings. The predicted octanol–water partition coefficient (Wildman–Crippen LogP) is 2.89. The highest BCUT2D eigenvalue weighted by atomic mass is 32.1. The normalized spacial score (nSPS) is 21.9. The Hall–Kier alpha value is -0.870. The summed E-state index contributed by atoms with van der Waals surface area (Å²) in [6, 6.07) is 2.14. The van der Waals surface area contributed by atoms with E-state index in [9.17, 15) is 4.79 Å². The molecule has 1 aromatic rings. The van der Waals surface area contributed by atoms with Crippen molar-refractivity contribution in [1.82, 2.24) is 10.6 Å². The highest BCUT2D eigenvalue weighted by Crippen LogP contribution is 2.29. The number of aryl methyl sites for hydroxylation is 2. The molecular weight excluding hydrogens is 268 g/mol. The fourth-order valence-corrected chi connectivity index (χ4v) is 4.37. The first-order chi connectivity index (χ1) is 9.66. The summed E-state index contributed by atoms with van der Waals surface area (Å²) in [5.74, 6) is 0.132. The number of fused-ring (bicyclic) bond motifs is 1. The van der Waals surface area contributed by atoms with E-state index in [2.05, 4.69) is 23.6 Å². The fourth-order valence-electron chi connectivity index (χ4n) is 3.22. The maximum absolute atomic E-state index is 12.5. The van der Waals surface area contributed by atoms with Crippen LogP contribution in [-0.4, -0.2) is 24.5 Å². The van der Waals surface area contributed by atoms with E-state index in [4.69, 9.17) is 0 Å². The first-order valence-electron chi connectivity index (χ1n) is 7.81. The molecule has 2 aliphatic rings. The Morgan fingerprint density at radius 1 is 1.25 bits per heavy atom. The van der Waals surface area contributed by atoms with Gasteiger partial charge in [-0.1, -0.05) is 6.42 Å². The number of rotatable bonds is 2. The van der Waals surface area contributed by atoms with Crippen LogP contribution in [0.4, 0.5) is 0 Å². The van der Waals surface area contributed by atoms with Crippen LogP contribution in [0.15, 0.2) is 6.07 Å². The van der Waals surface area contributed by atoms with Gasteiger partial charge in [-0.05, 0) is 70.2 Å². The van der Waals surface area contributed by atoms with Crippen LogP contribution in [0.25, 0.3) is 0 Å². The summed E-state index contributed by atoms with van der Waals surface area (Å²) in [7, 11) is 0. The van der Waals surface area contributed by atoms with Crippen molar-refractivity contribution in [3.8, 4) is 0 Å². The summed E-state index contributed by atoms with van der Waals surface area (Å²) in [6.45, 7) is 4.17. The molecule has 4 heteroatoms. The molecule has 0 atom stereocenters. The summed E-state index contributed by atoms with van der Waals surface area (Å²) >= 11 is 1.72. The number of nitrogens with one attached hydrogen (secondary N) is 2. The summed E-state index contributed by atoms with van der Waals surface area (Å²) in [4.78, 5) is 14.9. The van der Waals surface area contributed by atoms with Gasteiger partial charge in [0.05, 0.1) is 4.88 Å². The number of carbonyl (C=O) groups excluding carboxylic acids is 1. The van der Waals surface area contributed by atoms with Crippen molar-refractivity contribution >= 4 is 17.2 Å². The molecule has 20 heavy (non-hydrogen) atoms. The number of hydrogen-bond donors (Lipinski definition) is 2. The number of hydrogen-bond acceptors (Lipinski definition) is 3. The van der Waals surface area contributed by atoms with Gasteiger partial charge in [-0.15, -0.1) is 11.3 Å². The van der Waals surface area contributed by atoms with Crippen LogP contribution < -0.4 is 10.6 Å². The monoisotopic (exact) mass is 292 g/mol. The summed E-state index contributed by atoms with van der Waals surface area (Å²) in [5.41, 5.74) is 1.39. The lowest BCUT2D eigenvalue weighted by atomic mass is 9.90. The first-order valence-corrected chi connectivity index (χ1v) is 8.63. The molecule has 2 N–H and O–H groups in total. The smallest absolute Gasteiger partial charge is 0.261 e. The van der Waals surface area contributed by atoms with Crippen LogP contribution >= 0.6 is 11.3 Å². The van der Waals surface area contributed by atoms with Crippen molar-refractivity contribution in [3.63, 3.8) is 0 Å². The molecule has 3 nitrogen and oxygen atoms in total. The molecule has 1 amide bonds. The van der Waals surface area contributed by atoms with Gasteiger partial charge in [0, 0.05) is 10.4 Å². The molecule has 0 bridgehead atoms. The largest absolute Gasteiger partial charge is 0.346 e. The molecule has 0 saturated carbocycles. The van der Waals surface area contributed by atoms with E-state index in [1.807, 2.05) is 0 Å². The zero-order valence-electron chi connectivity index (χ0n) is 12.3. The van der Waals surface area contributed by atoms with E-state index in [0.29, 0.717) is 0 Å². The van der Waals surface area contributed by atoms with Crippen molar-refractivity contribution in [1.29, 1.82) is 0 Å². The lowest BCUT2D eigenvalue weighted by Crippen LogP contribution is -2.52. The van der Waals surface area contributed by atoms with Crippen molar-refractivity contribution in [2.45, 2.75) is 57.4 Å². The van der Waals surface area contributed by atoms with Crippen molar-refractivity contribution in [2.24, 2.45) is 0 Å². The second kappa shape index (κ2) is 5.86. The standard InChI is InChI=1S/C16H24N2OS/c1-16(7-9-17-10-8-16)18-15(19)14-11-12-5-3-2-4-6-13(12)20-14/h11,17H,2-10H2,1H3,(H,18,19). The second-order valence-corrected chi connectivity index (χ2v) is 7.52. The molecule has 0 unspecified atom stereocenters. The van der Waals surface area contributed by atoms with E-state index in [-0.39, 0.29) is 11.4 Å². The number of amides is 1. The molecule has 3 rings (SSSR count). The third kappa shape index (κ3) is 3.07. The molecule has 1 aliphatic heterocycles. The minimum Gasteiger partial charge on any atom is -0.346 e. The van der Waals surface area contributed by atoms with Crippen LogP contribution in [0.3, 0.4) is 0 Å². The van der Waals surface area contributed by atoms with Crippen LogP contribution in [-0.2, 0) is 12.8 Å². The Labute approximate surface area is 125 Å².